The van der Waals surface area contributed by atoms with Crippen LogP contribution in [0.1, 0.15) is 43.7 Å². The normalized spacial score (nSPS) is 14.2. The van der Waals surface area contributed by atoms with Gasteiger partial charge in [0.05, 0.1) is 18.3 Å². The summed E-state index contributed by atoms with van der Waals surface area (Å²) in [5.74, 6) is -1.09. The van der Waals surface area contributed by atoms with Crippen LogP contribution in [-0.2, 0) is 6.54 Å². The highest BCUT2D eigenvalue weighted by atomic mass is 19.1. The third kappa shape index (κ3) is 4.86. The second kappa shape index (κ2) is 10.0. The Balaban J connectivity index is 1.30. The van der Waals surface area contributed by atoms with Gasteiger partial charge in [-0.15, -0.1) is 10.2 Å². The molecule has 1 aliphatic heterocycles. The minimum atomic E-state index is -0.689. The van der Waals surface area contributed by atoms with Crippen molar-refractivity contribution in [3.63, 3.8) is 0 Å². The number of nitrogens with zero attached hydrogens (tertiary/aromatic N) is 6. The van der Waals surface area contributed by atoms with E-state index in [1.165, 1.54) is 17.0 Å². The van der Waals surface area contributed by atoms with Crippen LogP contribution in [0.25, 0.3) is 11.4 Å². The van der Waals surface area contributed by atoms with Crippen molar-refractivity contribution in [3.8, 4) is 11.4 Å². The SMILES string of the molecule is Cc1cc(CNC(=O)c2cc(C(=O)N[C@H]3CN(C(N)=O)c4cc(-c5nn[nH]n5)ccc43)ncn2)ccc1F. The quantitative estimate of drug-likeness (QED) is 0.296. The lowest BCUT2D eigenvalue weighted by molar-refractivity contribution is 0.0933. The Morgan fingerprint density at radius 1 is 1.11 bits per heavy atom. The number of anilines is 1. The predicted molar refractivity (Wildman–Crippen MR) is 131 cm³/mol. The second-order valence-corrected chi connectivity index (χ2v) is 8.54. The lowest BCUT2D eigenvalue weighted by atomic mass is 10.1. The van der Waals surface area contributed by atoms with Gasteiger partial charge in [0.15, 0.2) is 0 Å². The lowest BCUT2D eigenvalue weighted by Gasteiger charge is -2.15. The number of H-pyrrole nitrogens is 1. The highest BCUT2D eigenvalue weighted by Crippen LogP contribution is 2.37. The maximum Gasteiger partial charge on any atom is 0.319 e. The molecule has 0 radical (unpaired) electrons. The highest BCUT2D eigenvalue weighted by molar-refractivity contribution is 5.98. The summed E-state index contributed by atoms with van der Waals surface area (Å²) in [7, 11) is 0. The first-order valence-corrected chi connectivity index (χ1v) is 11.4. The number of urea groups is 1. The predicted octanol–water partition coefficient (Wildman–Crippen LogP) is 1.40. The Labute approximate surface area is 214 Å². The summed E-state index contributed by atoms with van der Waals surface area (Å²) < 4.78 is 13.5. The number of aryl methyl sites for hydroxylation is 1. The lowest BCUT2D eigenvalue weighted by Crippen LogP contribution is -2.38. The van der Waals surface area contributed by atoms with E-state index in [2.05, 4.69) is 41.2 Å². The number of nitrogens with two attached hydrogens (primary N) is 1. The molecule has 5 N–H and O–H groups in total. The number of rotatable bonds is 6. The first-order chi connectivity index (χ1) is 18.3. The average molecular weight is 516 g/mol. The molecule has 0 aliphatic carbocycles. The second-order valence-electron chi connectivity index (χ2n) is 8.54. The number of aromatic amines is 1. The van der Waals surface area contributed by atoms with Crippen molar-refractivity contribution >= 4 is 23.5 Å². The molecule has 192 valence electrons. The Kier molecular flexibility index (Phi) is 6.43. The molecule has 0 saturated heterocycles. The molecule has 0 fully saturated rings. The van der Waals surface area contributed by atoms with Gasteiger partial charge in [-0.25, -0.2) is 19.2 Å². The van der Waals surface area contributed by atoms with E-state index in [-0.39, 0.29) is 30.3 Å². The number of carbonyl (C=O) groups is 3. The van der Waals surface area contributed by atoms with Crippen molar-refractivity contribution in [2.24, 2.45) is 5.73 Å². The van der Waals surface area contributed by atoms with Gasteiger partial charge in [0.2, 0.25) is 5.82 Å². The maximum absolute atomic E-state index is 13.5. The zero-order chi connectivity index (χ0) is 26.8. The van der Waals surface area contributed by atoms with E-state index in [0.29, 0.717) is 33.8 Å². The summed E-state index contributed by atoms with van der Waals surface area (Å²) in [6.07, 6.45) is 1.11. The van der Waals surface area contributed by atoms with Gasteiger partial charge < -0.3 is 16.4 Å². The fraction of sp³-hybridized carbons (Fsp3) is 0.167. The van der Waals surface area contributed by atoms with Gasteiger partial charge in [-0.3, -0.25) is 14.5 Å². The van der Waals surface area contributed by atoms with Crippen LogP contribution in [0.3, 0.4) is 0 Å². The van der Waals surface area contributed by atoms with Gasteiger partial charge >= 0.3 is 6.03 Å². The van der Waals surface area contributed by atoms with E-state index in [1.807, 2.05) is 0 Å². The molecule has 0 bridgehead atoms. The zero-order valence-electron chi connectivity index (χ0n) is 20.0. The van der Waals surface area contributed by atoms with Crippen LogP contribution in [0.4, 0.5) is 14.9 Å². The van der Waals surface area contributed by atoms with Crippen LogP contribution in [0, 0.1) is 12.7 Å². The van der Waals surface area contributed by atoms with E-state index < -0.39 is 23.9 Å². The molecule has 38 heavy (non-hydrogen) atoms. The number of primary amides is 1. The topological polar surface area (TPSA) is 185 Å². The molecule has 4 aromatic rings. The van der Waals surface area contributed by atoms with Crippen molar-refractivity contribution in [2.75, 3.05) is 11.4 Å². The van der Waals surface area contributed by atoms with Gasteiger partial charge in [-0.2, -0.15) is 5.21 Å². The number of tetrazole rings is 1. The largest absolute Gasteiger partial charge is 0.351 e. The van der Waals surface area contributed by atoms with E-state index in [0.717, 1.165) is 6.33 Å². The molecule has 2 aromatic heterocycles. The van der Waals surface area contributed by atoms with Gasteiger partial charge in [0.25, 0.3) is 11.8 Å². The minimum Gasteiger partial charge on any atom is -0.351 e. The zero-order valence-corrected chi connectivity index (χ0v) is 20.0. The molecular formula is C24H21FN10O3. The average Bonchev–Trinajstić information content (AvgIpc) is 3.58. The van der Waals surface area contributed by atoms with Crippen molar-refractivity contribution in [1.29, 1.82) is 0 Å². The molecule has 2 aromatic carbocycles. The molecule has 3 heterocycles. The molecule has 0 saturated carbocycles. The number of carbonyl (C=O) groups excluding carboxylic acids is 3. The standard InChI is InChI=1S/C24H21FN10O3/c1-12-6-13(2-5-16(12)25)9-27-22(36)17-8-18(29-11-28-17)23(37)30-19-10-35(24(26)38)20-7-14(3-4-15(19)20)21-31-33-34-32-21/h2-8,11,19H,9-10H2,1H3,(H2,26,38)(H,27,36)(H,30,37)(H,31,32,33,34)/t19-/m0/s1. The van der Waals surface area contributed by atoms with Gasteiger partial charge in [-0.1, -0.05) is 24.3 Å². The van der Waals surface area contributed by atoms with Crippen molar-refractivity contribution in [2.45, 2.75) is 19.5 Å². The number of aromatic nitrogens is 6. The van der Waals surface area contributed by atoms with Crippen LogP contribution >= 0.6 is 0 Å². The Hall–Kier alpha value is -5.27. The number of hydrogen-bond donors (Lipinski definition) is 4. The summed E-state index contributed by atoms with van der Waals surface area (Å²) >= 11 is 0. The Morgan fingerprint density at radius 3 is 2.61 bits per heavy atom. The number of benzene rings is 2. The summed E-state index contributed by atoms with van der Waals surface area (Å²) in [6.45, 7) is 1.88. The smallest absolute Gasteiger partial charge is 0.319 e. The molecule has 1 atom stereocenters. The van der Waals surface area contributed by atoms with Crippen LogP contribution in [0.15, 0.2) is 48.8 Å². The molecule has 5 rings (SSSR count). The molecule has 13 nitrogen and oxygen atoms in total. The number of hydrogen-bond acceptors (Lipinski definition) is 8. The molecule has 0 spiro atoms. The number of fused-ring (bicyclic) bond motifs is 1. The van der Waals surface area contributed by atoms with E-state index in [1.54, 1.807) is 37.3 Å². The van der Waals surface area contributed by atoms with Crippen molar-refractivity contribution in [3.05, 3.63) is 82.7 Å². The minimum absolute atomic E-state index is 0.0145. The Bertz CT molecular complexity index is 1540. The fourth-order valence-corrected chi connectivity index (χ4v) is 4.13. The molecule has 0 unspecified atom stereocenters. The first kappa shape index (κ1) is 24.4. The number of amides is 4. The summed E-state index contributed by atoms with van der Waals surface area (Å²) in [4.78, 5) is 47.0. The molecule has 14 heteroatoms. The van der Waals surface area contributed by atoms with Gasteiger partial charge in [0.1, 0.15) is 23.5 Å². The first-order valence-electron chi connectivity index (χ1n) is 11.4. The summed E-state index contributed by atoms with van der Waals surface area (Å²) in [5, 5.41) is 19.3. The van der Waals surface area contributed by atoms with Crippen molar-refractivity contribution < 1.29 is 18.8 Å². The fourth-order valence-electron chi connectivity index (χ4n) is 4.13. The van der Waals surface area contributed by atoms with E-state index in [4.69, 9.17) is 5.73 Å². The van der Waals surface area contributed by atoms with Gasteiger partial charge in [0, 0.05) is 23.7 Å². The summed E-state index contributed by atoms with van der Waals surface area (Å²) in [5.41, 5.74) is 8.46. The van der Waals surface area contributed by atoms with Crippen molar-refractivity contribution in [1.82, 2.24) is 41.2 Å². The number of halogens is 1. The maximum atomic E-state index is 13.5. The van der Waals surface area contributed by atoms with Crippen LogP contribution in [0.5, 0.6) is 0 Å². The highest BCUT2D eigenvalue weighted by Gasteiger charge is 2.33. The van der Waals surface area contributed by atoms with E-state index >= 15 is 0 Å². The Morgan fingerprint density at radius 2 is 1.89 bits per heavy atom. The number of nitrogens with one attached hydrogen (secondary N) is 3. The third-order valence-electron chi connectivity index (χ3n) is 6.04. The van der Waals surface area contributed by atoms with Crippen LogP contribution in [0.2, 0.25) is 0 Å². The van der Waals surface area contributed by atoms with Crippen LogP contribution in [-0.4, -0.2) is 55.0 Å². The van der Waals surface area contributed by atoms with E-state index in [9.17, 15) is 18.8 Å². The third-order valence-corrected chi connectivity index (χ3v) is 6.04. The molecule has 1 aliphatic rings. The van der Waals surface area contributed by atoms with Gasteiger partial charge in [-0.05, 0) is 35.4 Å². The molecule has 4 amide bonds. The van der Waals surface area contributed by atoms with Crippen LogP contribution < -0.4 is 21.3 Å². The monoisotopic (exact) mass is 516 g/mol. The summed E-state index contributed by atoms with van der Waals surface area (Å²) in [6, 6.07) is 9.69. The molecular weight excluding hydrogens is 495 g/mol.